The van der Waals surface area contributed by atoms with Crippen LogP contribution in [0.15, 0.2) is 18.6 Å². The van der Waals surface area contributed by atoms with Gasteiger partial charge in [0.25, 0.3) is 0 Å². The maximum Gasteiger partial charge on any atom is 0.232 e. The zero-order valence-electron chi connectivity index (χ0n) is 7.27. The number of hydrogen-bond acceptors (Lipinski definition) is 3. The van der Waals surface area contributed by atoms with Crippen LogP contribution in [0.4, 0.5) is 0 Å². The van der Waals surface area contributed by atoms with Crippen molar-refractivity contribution >= 4 is 28.5 Å². The number of halogens is 1. The third kappa shape index (κ3) is 3.25. The highest BCUT2D eigenvalue weighted by molar-refractivity contribution is 14.1. The van der Waals surface area contributed by atoms with E-state index in [1.807, 2.05) is 22.6 Å². The first-order valence-electron chi connectivity index (χ1n) is 3.79. The summed E-state index contributed by atoms with van der Waals surface area (Å²) in [5.41, 5.74) is 0.809. The van der Waals surface area contributed by atoms with E-state index in [0.717, 1.165) is 5.69 Å². The summed E-state index contributed by atoms with van der Waals surface area (Å²) in [5.74, 6) is 0.103. The van der Waals surface area contributed by atoms with Gasteiger partial charge in [-0.1, -0.05) is 22.6 Å². The van der Waals surface area contributed by atoms with Crippen molar-refractivity contribution in [2.45, 2.75) is 6.54 Å². The minimum absolute atomic E-state index is 0.103. The largest absolute Gasteiger partial charge is 0.339 e. The average molecular weight is 291 g/mol. The number of carbonyl (C=O) groups excluding carboxylic acids is 1. The Morgan fingerprint density at radius 1 is 1.62 bits per heavy atom. The third-order valence-corrected chi connectivity index (χ3v) is 2.21. The summed E-state index contributed by atoms with van der Waals surface area (Å²) >= 11 is 2.04. The van der Waals surface area contributed by atoms with Crippen LogP contribution in [-0.2, 0) is 11.3 Å². The van der Waals surface area contributed by atoms with E-state index in [1.54, 1.807) is 30.5 Å². The van der Waals surface area contributed by atoms with E-state index in [4.69, 9.17) is 0 Å². The van der Waals surface area contributed by atoms with E-state index in [2.05, 4.69) is 9.97 Å². The van der Waals surface area contributed by atoms with Crippen molar-refractivity contribution in [1.82, 2.24) is 14.9 Å². The van der Waals surface area contributed by atoms with Gasteiger partial charge in [-0.05, 0) is 0 Å². The van der Waals surface area contributed by atoms with Gasteiger partial charge in [-0.3, -0.25) is 14.8 Å². The van der Waals surface area contributed by atoms with Crippen LogP contribution in [0.5, 0.6) is 0 Å². The number of nitrogens with zero attached hydrogens (tertiary/aromatic N) is 3. The first-order chi connectivity index (χ1) is 6.24. The number of rotatable bonds is 3. The number of aromatic nitrogens is 2. The van der Waals surface area contributed by atoms with Crippen molar-refractivity contribution in [3.8, 4) is 0 Å². The molecule has 1 aromatic heterocycles. The molecule has 0 aliphatic carbocycles. The Kier molecular flexibility index (Phi) is 4.07. The lowest BCUT2D eigenvalue weighted by Gasteiger charge is -2.14. The van der Waals surface area contributed by atoms with E-state index in [1.165, 1.54) is 0 Å². The van der Waals surface area contributed by atoms with Crippen LogP contribution in [0.1, 0.15) is 5.69 Å². The van der Waals surface area contributed by atoms with Crippen LogP contribution in [0.3, 0.4) is 0 Å². The maximum atomic E-state index is 11.2. The summed E-state index contributed by atoms with van der Waals surface area (Å²) in [6.45, 7) is 0.523. The summed E-state index contributed by atoms with van der Waals surface area (Å²) in [6, 6.07) is 0. The van der Waals surface area contributed by atoms with Crippen molar-refractivity contribution in [2.24, 2.45) is 0 Å². The lowest BCUT2D eigenvalue weighted by Crippen LogP contribution is -2.27. The Bertz CT molecular complexity index is 278. The smallest absolute Gasteiger partial charge is 0.232 e. The lowest BCUT2D eigenvalue weighted by atomic mass is 10.4. The molecule has 0 saturated carbocycles. The minimum atomic E-state index is 0.103. The molecule has 0 spiro atoms. The van der Waals surface area contributed by atoms with Gasteiger partial charge in [-0.25, -0.2) is 0 Å². The van der Waals surface area contributed by atoms with E-state index < -0.39 is 0 Å². The summed E-state index contributed by atoms with van der Waals surface area (Å²) < 4.78 is 0.495. The first kappa shape index (κ1) is 10.4. The van der Waals surface area contributed by atoms with Crippen LogP contribution in [0, 0.1) is 0 Å². The van der Waals surface area contributed by atoms with Crippen molar-refractivity contribution in [3.63, 3.8) is 0 Å². The highest BCUT2D eigenvalue weighted by Crippen LogP contribution is 1.98. The van der Waals surface area contributed by atoms with Crippen LogP contribution >= 0.6 is 22.6 Å². The molecule has 5 heteroatoms. The Hall–Kier alpha value is -0.720. The van der Waals surface area contributed by atoms with Gasteiger partial charge in [-0.15, -0.1) is 0 Å². The van der Waals surface area contributed by atoms with Crippen LogP contribution in [0.2, 0.25) is 0 Å². The van der Waals surface area contributed by atoms with Gasteiger partial charge < -0.3 is 4.90 Å². The van der Waals surface area contributed by atoms with Crippen molar-refractivity contribution in [3.05, 3.63) is 24.3 Å². The SMILES string of the molecule is CN(Cc1cnccn1)C(=O)CI. The zero-order chi connectivity index (χ0) is 9.68. The molecule has 0 radical (unpaired) electrons. The molecule has 0 atom stereocenters. The van der Waals surface area contributed by atoms with Crippen molar-refractivity contribution < 1.29 is 4.79 Å². The van der Waals surface area contributed by atoms with Gasteiger partial charge in [0, 0.05) is 19.4 Å². The van der Waals surface area contributed by atoms with Gasteiger partial charge in [0.05, 0.1) is 22.9 Å². The van der Waals surface area contributed by atoms with E-state index >= 15 is 0 Å². The van der Waals surface area contributed by atoms with E-state index in [0.29, 0.717) is 11.0 Å². The quantitative estimate of drug-likeness (QED) is 0.613. The van der Waals surface area contributed by atoms with Crippen LogP contribution < -0.4 is 0 Å². The number of alkyl halides is 1. The molecule has 0 aromatic carbocycles. The molecule has 1 amide bonds. The summed E-state index contributed by atoms with van der Waals surface area (Å²) in [6.07, 6.45) is 4.90. The fourth-order valence-corrected chi connectivity index (χ4v) is 1.43. The molecular formula is C8H10IN3O. The fourth-order valence-electron chi connectivity index (χ4n) is 0.845. The number of carbonyl (C=O) groups is 1. The molecule has 1 heterocycles. The Labute approximate surface area is 90.5 Å². The molecule has 1 aromatic rings. The molecule has 70 valence electrons. The Morgan fingerprint density at radius 2 is 2.38 bits per heavy atom. The molecule has 0 bridgehead atoms. The molecule has 13 heavy (non-hydrogen) atoms. The predicted octanol–water partition coefficient (Wildman–Crippen LogP) is 0.870. The fraction of sp³-hybridized carbons (Fsp3) is 0.375. The standard InChI is InChI=1S/C8H10IN3O/c1-12(8(13)4-9)6-7-5-10-2-3-11-7/h2-3,5H,4,6H2,1H3. The second-order valence-electron chi connectivity index (χ2n) is 2.58. The van der Waals surface area contributed by atoms with Crippen LogP contribution in [-0.4, -0.2) is 32.3 Å². The molecule has 0 aliphatic heterocycles. The number of hydrogen-bond donors (Lipinski definition) is 0. The summed E-state index contributed by atoms with van der Waals surface area (Å²) in [4.78, 5) is 20.8. The van der Waals surface area contributed by atoms with Gasteiger partial charge in [0.15, 0.2) is 0 Å². The Morgan fingerprint density at radius 3 is 2.92 bits per heavy atom. The molecule has 1 rings (SSSR count). The van der Waals surface area contributed by atoms with Crippen molar-refractivity contribution in [1.29, 1.82) is 0 Å². The molecule has 0 aliphatic rings. The number of amides is 1. The highest BCUT2D eigenvalue weighted by atomic mass is 127. The predicted molar refractivity (Wildman–Crippen MR) is 57.4 cm³/mol. The van der Waals surface area contributed by atoms with Gasteiger partial charge >= 0.3 is 0 Å². The van der Waals surface area contributed by atoms with Crippen molar-refractivity contribution in [2.75, 3.05) is 11.5 Å². The van der Waals surface area contributed by atoms with E-state index in [-0.39, 0.29) is 5.91 Å². The Balaban J connectivity index is 2.55. The van der Waals surface area contributed by atoms with Gasteiger partial charge in [0.1, 0.15) is 0 Å². The molecule has 0 N–H and O–H groups in total. The molecule has 0 saturated heterocycles. The molecule has 4 nitrogen and oxygen atoms in total. The molecular weight excluding hydrogens is 281 g/mol. The second kappa shape index (κ2) is 5.11. The van der Waals surface area contributed by atoms with Crippen LogP contribution in [0.25, 0.3) is 0 Å². The maximum absolute atomic E-state index is 11.2. The minimum Gasteiger partial charge on any atom is -0.339 e. The second-order valence-corrected chi connectivity index (χ2v) is 3.34. The highest BCUT2D eigenvalue weighted by Gasteiger charge is 2.07. The van der Waals surface area contributed by atoms with E-state index in [9.17, 15) is 4.79 Å². The normalized spacial score (nSPS) is 9.69. The average Bonchev–Trinajstić information content (AvgIpc) is 2.18. The van der Waals surface area contributed by atoms with Gasteiger partial charge in [0.2, 0.25) is 5.91 Å². The summed E-state index contributed by atoms with van der Waals surface area (Å²) in [5, 5.41) is 0. The monoisotopic (exact) mass is 291 g/mol. The topological polar surface area (TPSA) is 46.1 Å². The third-order valence-electron chi connectivity index (χ3n) is 1.56. The molecule has 0 fully saturated rings. The summed E-state index contributed by atoms with van der Waals surface area (Å²) in [7, 11) is 1.76. The zero-order valence-corrected chi connectivity index (χ0v) is 9.43. The molecule has 0 unspecified atom stereocenters. The lowest BCUT2D eigenvalue weighted by molar-refractivity contribution is -0.127. The van der Waals surface area contributed by atoms with Gasteiger partial charge in [-0.2, -0.15) is 0 Å². The first-order valence-corrected chi connectivity index (χ1v) is 5.31.